The summed E-state index contributed by atoms with van der Waals surface area (Å²) in [5, 5.41) is 3.61. The molecular formula is C11H13ClFN. The predicted molar refractivity (Wildman–Crippen MR) is 56.1 cm³/mol. The van der Waals surface area contributed by atoms with E-state index in [0.717, 1.165) is 30.5 Å². The van der Waals surface area contributed by atoms with Gasteiger partial charge in [0.2, 0.25) is 0 Å². The molecule has 0 bridgehead atoms. The molecule has 1 saturated heterocycles. The first kappa shape index (κ1) is 9.94. The summed E-state index contributed by atoms with van der Waals surface area (Å²) in [6.45, 7) is 2.97. The smallest absolute Gasteiger partial charge is 0.142 e. The number of nitrogens with one attached hydrogen (secondary N) is 1. The molecule has 0 spiro atoms. The van der Waals surface area contributed by atoms with Crippen LogP contribution < -0.4 is 5.32 Å². The van der Waals surface area contributed by atoms with Crippen molar-refractivity contribution in [2.75, 3.05) is 6.54 Å². The second kappa shape index (κ2) is 3.87. The van der Waals surface area contributed by atoms with Crippen molar-refractivity contribution in [3.05, 3.63) is 34.1 Å². The maximum Gasteiger partial charge on any atom is 0.142 e. The number of rotatable bonds is 1. The Kier molecular flexibility index (Phi) is 2.75. The van der Waals surface area contributed by atoms with Crippen molar-refractivity contribution in [2.24, 2.45) is 0 Å². The second-order valence-corrected chi connectivity index (χ2v) is 4.12. The van der Waals surface area contributed by atoms with Crippen molar-refractivity contribution in [3.63, 3.8) is 0 Å². The van der Waals surface area contributed by atoms with Crippen LogP contribution in [0.5, 0.6) is 0 Å². The first-order valence-corrected chi connectivity index (χ1v) is 5.26. The Bertz CT molecular complexity index is 345. The van der Waals surface area contributed by atoms with Crippen molar-refractivity contribution in [2.45, 2.75) is 25.8 Å². The minimum atomic E-state index is -0.319. The topological polar surface area (TPSA) is 12.0 Å². The van der Waals surface area contributed by atoms with E-state index >= 15 is 0 Å². The highest BCUT2D eigenvalue weighted by atomic mass is 35.5. The van der Waals surface area contributed by atoms with Crippen molar-refractivity contribution >= 4 is 11.6 Å². The fraction of sp³-hybridized carbons (Fsp3) is 0.455. The molecule has 0 aliphatic carbocycles. The predicted octanol–water partition coefficient (Wildman–Crippen LogP) is 3.21. The van der Waals surface area contributed by atoms with E-state index in [2.05, 4.69) is 5.32 Å². The lowest BCUT2D eigenvalue weighted by Gasteiger charge is -2.15. The van der Waals surface area contributed by atoms with E-state index in [1.54, 1.807) is 6.07 Å². The molecule has 3 heteroatoms. The van der Waals surface area contributed by atoms with E-state index in [9.17, 15) is 4.39 Å². The summed E-state index contributed by atoms with van der Waals surface area (Å²) < 4.78 is 13.3. The molecule has 0 amide bonds. The fourth-order valence-electron chi connectivity index (χ4n) is 2.02. The summed E-state index contributed by atoms with van der Waals surface area (Å²) in [7, 11) is 0. The van der Waals surface area contributed by atoms with Crippen LogP contribution in [0.1, 0.15) is 30.0 Å². The van der Waals surface area contributed by atoms with Gasteiger partial charge in [-0.3, -0.25) is 0 Å². The van der Waals surface area contributed by atoms with Gasteiger partial charge in [0.25, 0.3) is 0 Å². The van der Waals surface area contributed by atoms with Gasteiger partial charge in [0.1, 0.15) is 5.82 Å². The quantitative estimate of drug-likeness (QED) is 0.756. The Balaban J connectivity index is 2.44. The van der Waals surface area contributed by atoms with Crippen molar-refractivity contribution in [1.29, 1.82) is 0 Å². The molecule has 0 radical (unpaired) electrons. The van der Waals surface area contributed by atoms with E-state index < -0.39 is 0 Å². The van der Waals surface area contributed by atoms with Gasteiger partial charge in [-0.1, -0.05) is 17.7 Å². The number of hydrogen-bond donors (Lipinski definition) is 1. The molecule has 1 aliphatic rings. The molecule has 1 aromatic rings. The van der Waals surface area contributed by atoms with E-state index in [1.165, 1.54) is 6.07 Å². The standard InChI is InChI=1S/C11H13ClFN/c1-7-4-5-8(13)11(12)10(7)9-3-2-6-14-9/h4-5,9,14H,2-3,6H2,1H3. The van der Waals surface area contributed by atoms with Gasteiger partial charge in [0, 0.05) is 6.04 Å². The molecule has 1 unspecified atom stereocenters. The lowest BCUT2D eigenvalue weighted by molar-refractivity contribution is 0.604. The van der Waals surface area contributed by atoms with Gasteiger partial charge in [0.05, 0.1) is 5.02 Å². The van der Waals surface area contributed by atoms with Gasteiger partial charge in [-0.05, 0) is 43.5 Å². The van der Waals surface area contributed by atoms with Crippen LogP contribution in [0.4, 0.5) is 4.39 Å². The Morgan fingerprint density at radius 3 is 2.93 bits per heavy atom. The largest absolute Gasteiger partial charge is 0.310 e. The molecule has 1 aromatic carbocycles. The summed E-state index contributed by atoms with van der Waals surface area (Å²) in [6.07, 6.45) is 2.18. The summed E-state index contributed by atoms with van der Waals surface area (Å²) in [4.78, 5) is 0. The Labute approximate surface area is 88.3 Å². The average Bonchev–Trinajstić information content (AvgIpc) is 2.65. The zero-order valence-corrected chi connectivity index (χ0v) is 8.87. The summed E-state index contributed by atoms with van der Waals surface area (Å²) in [6, 6.07) is 3.45. The van der Waals surface area contributed by atoms with E-state index in [1.807, 2.05) is 6.92 Å². The van der Waals surface area contributed by atoms with Crippen LogP contribution in [0.15, 0.2) is 12.1 Å². The van der Waals surface area contributed by atoms with E-state index in [0.29, 0.717) is 0 Å². The molecule has 2 rings (SSSR count). The first-order chi connectivity index (χ1) is 6.70. The zero-order valence-electron chi connectivity index (χ0n) is 8.11. The van der Waals surface area contributed by atoms with Gasteiger partial charge in [-0.15, -0.1) is 0 Å². The van der Waals surface area contributed by atoms with Crippen LogP contribution in [0.3, 0.4) is 0 Å². The van der Waals surface area contributed by atoms with Gasteiger partial charge in [-0.25, -0.2) is 4.39 Å². The minimum Gasteiger partial charge on any atom is -0.310 e. The molecule has 0 aromatic heterocycles. The Morgan fingerprint density at radius 1 is 1.50 bits per heavy atom. The normalized spacial score (nSPS) is 21.5. The van der Waals surface area contributed by atoms with Crippen LogP contribution in [0.25, 0.3) is 0 Å². The third-order valence-corrected chi connectivity index (χ3v) is 3.14. The minimum absolute atomic E-state index is 0.234. The SMILES string of the molecule is Cc1ccc(F)c(Cl)c1C1CCCN1. The number of halogens is 2. The van der Waals surface area contributed by atoms with Crippen LogP contribution >= 0.6 is 11.6 Å². The summed E-state index contributed by atoms with van der Waals surface area (Å²) in [5.74, 6) is -0.319. The Hall–Kier alpha value is -0.600. The molecule has 1 fully saturated rings. The molecule has 1 nitrogen and oxygen atoms in total. The van der Waals surface area contributed by atoms with Gasteiger partial charge < -0.3 is 5.32 Å². The van der Waals surface area contributed by atoms with Crippen LogP contribution in [0.2, 0.25) is 5.02 Å². The van der Waals surface area contributed by atoms with E-state index in [-0.39, 0.29) is 16.9 Å². The molecule has 0 saturated carbocycles. The zero-order chi connectivity index (χ0) is 10.1. The summed E-state index contributed by atoms with van der Waals surface area (Å²) >= 11 is 5.96. The first-order valence-electron chi connectivity index (χ1n) is 4.88. The van der Waals surface area contributed by atoms with Crippen molar-refractivity contribution < 1.29 is 4.39 Å². The number of aryl methyl sites for hydroxylation is 1. The van der Waals surface area contributed by atoms with Crippen molar-refractivity contribution in [3.8, 4) is 0 Å². The molecular weight excluding hydrogens is 201 g/mol. The molecule has 1 heterocycles. The number of hydrogen-bond acceptors (Lipinski definition) is 1. The van der Waals surface area contributed by atoms with Crippen LogP contribution in [-0.2, 0) is 0 Å². The third kappa shape index (κ3) is 1.64. The fourth-order valence-corrected chi connectivity index (χ4v) is 2.37. The van der Waals surface area contributed by atoms with E-state index in [4.69, 9.17) is 11.6 Å². The maximum absolute atomic E-state index is 13.3. The third-order valence-electron chi connectivity index (χ3n) is 2.76. The molecule has 14 heavy (non-hydrogen) atoms. The highest BCUT2D eigenvalue weighted by molar-refractivity contribution is 6.31. The maximum atomic E-state index is 13.3. The molecule has 1 aliphatic heterocycles. The van der Waals surface area contributed by atoms with Gasteiger partial charge in [-0.2, -0.15) is 0 Å². The lowest BCUT2D eigenvalue weighted by atomic mass is 10.00. The van der Waals surface area contributed by atoms with Crippen molar-refractivity contribution in [1.82, 2.24) is 5.32 Å². The highest BCUT2D eigenvalue weighted by Gasteiger charge is 2.22. The lowest BCUT2D eigenvalue weighted by Crippen LogP contribution is -2.14. The highest BCUT2D eigenvalue weighted by Crippen LogP contribution is 2.33. The van der Waals surface area contributed by atoms with Crippen LogP contribution in [-0.4, -0.2) is 6.54 Å². The monoisotopic (exact) mass is 213 g/mol. The molecule has 1 N–H and O–H groups in total. The van der Waals surface area contributed by atoms with Crippen LogP contribution in [0, 0.1) is 12.7 Å². The van der Waals surface area contributed by atoms with Gasteiger partial charge >= 0.3 is 0 Å². The second-order valence-electron chi connectivity index (χ2n) is 3.74. The molecule has 76 valence electrons. The molecule has 1 atom stereocenters. The Morgan fingerprint density at radius 2 is 2.29 bits per heavy atom. The summed E-state index contributed by atoms with van der Waals surface area (Å²) in [5.41, 5.74) is 2.00. The van der Waals surface area contributed by atoms with Gasteiger partial charge in [0.15, 0.2) is 0 Å². The average molecular weight is 214 g/mol. The number of benzene rings is 1.